The summed E-state index contributed by atoms with van der Waals surface area (Å²) < 4.78 is 11.6. The van der Waals surface area contributed by atoms with Crippen molar-refractivity contribution in [2.24, 2.45) is 0 Å². The molecule has 7 heteroatoms. The summed E-state index contributed by atoms with van der Waals surface area (Å²) in [6.45, 7) is 1.52. The van der Waals surface area contributed by atoms with E-state index in [1.807, 2.05) is 30.5 Å². The quantitative estimate of drug-likeness (QED) is 0.725. The van der Waals surface area contributed by atoms with E-state index >= 15 is 0 Å². The van der Waals surface area contributed by atoms with Crippen molar-refractivity contribution in [2.45, 2.75) is 28.7 Å². The second kappa shape index (κ2) is 7.01. The highest BCUT2D eigenvalue weighted by atomic mass is 35.5. The van der Waals surface area contributed by atoms with E-state index in [1.54, 1.807) is 18.0 Å². The Kier molecular flexibility index (Phi) is 4.60. The first-order valence-electron chi connectivity index (χ1n) is 7.80. The van der Waals surface area contributed by atoms with Gasteiger partial charge in [-0.15, -0.1) is 0 Å². The largest absolute Gasteiger partial charge is 0.433 e. The minimum Gasteiger partial charge on any atom is -0.433 e. The van der Waals surface area contributed by atoms with Crippen LogP contribution in [0.15, 0.2) is 51.1 Å². The fraction of sp³-hybridized carbons (Fsp3) is 0.294. The summed E-state index contributed by atoms with van der Waals surface area (Å²) >= 11 is 7.51. The van der Waals surface area contributed by atoms with Crippen LogP contribution in [0.3, 0.4) is 0 Å². The molecule has 1 N–H and O–H groups in total. The molecule has 0 atom stereocenters. The molecule has 124 valence electrons. The Morgan fingerprint density at radius 3 is 2.67 bits per heavy atom. The van der Waals surface area contributed by atoms with Crippen LogP contribution in [0, 0.1) is 0 Å². The van der Waals surface area contributed by atoms with Crippen LogP contribution in [0.5, 0.6) is 0 Å². The van der Waals surface area contributed by atoms with Crippen molar-refractivity contribution in [3.8, 4) is 11.3 Å². The average molecular weight is 362 g/mol. The fourth-order valence-electron chi connectivity index (χ4n) is 2.68. The molecule has 0 unspecified atom stereocenters. The van der Waals surface area contributed by atoms with E-state index in [0.29, 0.717) is 5.92 Å². The molecule has 1 saturated heterocycles. The number of nitrogens with zero attached hydrogens (tertiary/aromatic N) is 2. The summed E-state index contributed by atoms with van der Waals surface area (Å²) in [7, 11) is 0. The Bertz CT molecular complexity index is 796. The highest BCUT2D eigenvalue weighted by molar-refractivity contribution is 7.99. The van der Waals surface area contributed by atoms with Crippen LogP contribution in [-0.2, 0) is 4.74 Å². The average Bonchev–Trinajstić information content (AvgIpc) is 3.27. The molecule has 3 heterocycles. The number of hydrogen-bond acceptors (Lipinski definition) is 5. The Morgan fingerprint density at radius 2 is 1.96 bits per heavy atom. The molecule has 24 heavy (non-hydrogen) atoms. The Balaban J connectivity index is 1.67. The molecule has 0 spiro atoms. The lowest BCUT2D eigenvalue weighted by Gasteiger charge is -2.18. The minimum atomic E-state index is 0.309. The topological polar surface area (TPSA) is 63.9 Å². The van der Waals surface area contributed by atoms with Gasteiger partial charge in [0.2, 0.25) is 0 Å². The first-order chi connectivity index (χ1) is 11.8. The summed E-state index contributed by atoms with van der Waals surface area (Å²) in [5.41, 5.74) is 1.75. The number of halogens is 1. The minimum absolute atomic E-state index is 0.309. The van der Waals surface area contributed by atoms with Gasteiger partial charge in [-0.3, -0.25) is 5.10 Å². The number of rotatable bonds is 4. The molecular formula is C17H16ClN3O2S. The maximum Gasteiger partial charge on any atom is 0.199 e. The summed E-state index contributed by atoms with van der Waals surface area (Å²) in [5.74, 6) is 1.09. The molecule has 0 bridgehead atoms. The third kappa shape index (κ3) is 3.36. The van der Waals surface area contributed by atoms with E-state index in [1.165, 1.54) is 0 Å². The zero-order chi connectivity index (χ0) is 16.4. The number of ether oxygens (including phenoxy) is 1. The van der Waals surface area contributed by atoms with Crippen molar-refractivity contribution in [1.82, 2.24) is 15.2 Å². The third-order valence-electron chi connectivity index (χ3n) is 3.98. The second-order valence-electron chi connectivity index (χ2n) is 5.62. The molecule has 4 rings (SSSR count). The number of hydrogen-bond donors (Lipinski definition) is 1. The molecule has 5 nitrogen and oxygen atoms in total. The third-order valence-corrected chi connectivity index (χ3v) is 5.20. The van der Waals surface area contributed by atoms with E-state index in [0.717, 1.165) is 58.2 Å². The predicted octanol–water partition coefficient (Wildman–Crippen LogP) is 4.76. The van der Waals surface area contributed by atoms with Crippen LogP contribution in [0.4, 0.5) is 0 Å². The van der Waals surface area contributed by atoms with E-state index in [2.05, 4.69) is 10.2 Å². The highest BCUT2D eigenvalue weighted by Crippen LogP contribution is 2.39. The van der Waals surface area contributed by atoms with Gasteiger partial charge in [-0.05, 0) is 48.9 Å². The summed E-state index contributed by atoms with van der Waals surface area (Å²) in [5, 5.41) is 8.36. The number of oxazole rings is 1. The monoisotopic (exact) mass is 361 g/mol. The summed E-state index contributed by atoms with van der Waals surface area (Å²) in [6, 6.07) is 7.69. The van der Waals surface area contributed by atoms with Gasteiger partial charge in [0.05, 0.1) is 6.20 Å². The molecule has 0 saturated carbocycles. The molecule has 2 aromatic heterocycles. The first kappa shape index (κ1) is 15.7. The Labute approximate surface area is 148 Å². The number of nitrogens with one attached hydrogen (secondary N) is 1. The van der Waals surface area contributed by atoms with Gasteiger partial charge in [0.1, 0.15) is 5.69 Å². The predicted molar refractivity (Wildman–Crippen MR) is 92.5 cm³/mol. The molecule has 0 amide bonds. The van der Waals surface area contributed by atoms with E-state index < -0.39 is 0 Å². The van der Waals surface area contributed by atoms with Crippen molar-refractivity contribution in [3.63, 3.8) is 0 Å². The van der Waals surface area contributed by atoms with Gasteiger partial charge in [0.25, 0.3) is 0 Å². The van der Waals surface area contributed by atoms with Gasteiger partial charge in [-0.2, -0.15) is 5.10 Å². The molecular weight excluding hydrogens is 346 g/mol. The SMILES string of the molecule is Clc1ccc(Sc2oc(C3CCOCC3)nc2-c2cn[nH]c2)cc1. The van der Waals surface area contributed by atoms with Gasteiger partial charge in [-0.1, -0.05) is 11.6 Å². The lowest BCUT2D eigenvalue weighted by Crippen LogP contribution is -2.14. The van der Waals surface area contributed by atoms with Crippen LogP contribution in [0.2, 0.25) is 5.02 Å². The number of benzene rings is 1. The molecule has 1 aliphatic heterocycles. The maximum absolute atomic E-state index is 6.13. The van der Waals surface area contributed by atoms with Crippen molar-refractivity contribution in [1.29, 1.82) is 0 Å². The smallest absolute Gasteiger partial charge is 0.199 e. The molecule has 1 fully saturated rings. The van der Waals surface area contributed by atoms with Crippen molar-refractivity contribution in [2.75, 3.05) is 13.2 Å². The van der Waals surface area contributed by atoms with Crippen LogP contribution in [0.1, 0.15) is 24.7 Å². The lowest BCUT2D eigenvalue weighted by molar-refractivity contribution is 0.0786. The molecule has 1 aromatic carbocycles. The van der Waals surface area contributed by atoms with E-state index in [-0.39, 0.29) is 0 Å². The zero-order valence-electron chi connectivity index (χ0n) is 12.9. The van der Waals surface area contributed by atoms with Crippen LogP contribution in [-0.4, -0.2) is 28.4 Å². The van der Waals surface area contributed by atoms with Gasteiger partial charge < -0.3 is 9.15 Å². The number of aromatic nitrogens is 3. The molecule has 3 aromatic rings. The van der Waals surface area contributed by atoms with Gasteiger partial charge in [-0.25, -0.2) is 4.98 Å². The fourth-order valence-corrected chi connectivity index (χ4v) is 3.68. The highest BCUT2D eigenvalue weighted by Gasteiger charge is 2.25. The van der Waals surface area contributed by atoms with E-state index in [9.17, 15) is 0 Å². The zero-order valence-corrected chi connectivity index (χ0v) is 14.4. The van der Waals surface area contributed by atoms with E-state index in [4.69, 9.17) is 25.7 Å². The van der Waals surface area contributed by atoms with Gasteiger partial charge >= 0.3 is 0 Å². The summed E-state index contributed by atoms with van der Waals surface area (Å²) in [6.07, 6.45) is 5.47. The molecule has 0 radical (unpaired) electrons. The van der Waals surface area contributed by atoms with Crippen molar-refractivity contribution >= 4 is 23.4 Å². The van der Waals surface area contributed by atoms with Gasteiger partial charge in [0.15, 0.2) is 11.0 Å². The standard InChI is InChI=1S/C17H16ClN3O2S/c18-13-1-3-14(4-2-13)24-17-15(12-9-19-20-10-12)21-16(23-17)11-5-7-22-8-6-11/h1-4,9-11H,5-8H2,(H,19,20). The second-order valence-corrected chi connectivity index (χ2v) is 7.10. The summed E-state index contributed by atoms with van der Waals surface area (Å²) in [4.78, 5) is 5.82. The van der Waals surface area contributed by atoms with Gasteiger partial charge in [0, 0.05) is 40.8 Å². The normalized spacial score (nSPS) is 15.7. The Morgan fingerprint density at radius 1 is 1.17 bits per heavy atom. The van der Waals surface area contributed by atoms with Crippen LogP contribution < -0.4 is 0 Å². The van der Waals surface area contributed by atoms with Crippen LogP contribution >= 0.6 is 23.4 Å². The van der Waals surface area contributed by atoms with Crippen molar-refractivity contribution in [3.05, 3.63) is 47.6 Å². The number of aromatic amines is 1. The maximum atomic E-state index is 6.13. The number of H-pyrrole nitrogens is 1. The van der Waals surface area contributed by atoms with Crippen molar-refractivity contribution < 1.29 is 9.15 Å². The first-order valence-corrected chi connectivity index (χ1v) is 9.00. The Hall–Kier alpha value is -1.76. The molecule has 1 aliphatic rings. The lowest BCUT2D eigenvalue weighted by atomic mass is 10.0. The van der Waals surface area contributed by atoms with Crippen LogP contribution in [0.25, 0.3) is 11.3 Å². The molecule has 0 aliphatic carbocycles.